The standard InChI is InChI=1S/C20H27N5O2/c1-13-12-17-18(14(2)27-13)23-24(3)19(17)20(26)22-15-6-10-25(11-7-15)16-4-8-21-9-5-16/h4-5,8-9,13-15H,6-7,10-12H2,1-3H3,(H,22,26)/t13-,14+/m1/s1. The van der Waals surface area contributed by atoms with Gasteiger partial charge in [0.05, 0.1) is 17.9 Å². The molecule has 2 aromatic heterocycles. The average molecular weight is 369 g/mol. The highest BCUT2D eigenvalue weighted by molar-refractivity contribution is 5.94. The normalized spacial score (nSPS) is 23.1. The van der Waals surface area contributed by atoms with Gasteiger partial charge in [-0.15, -0.1) is 0 Å². The summed E-state index contributed by atoms with van der Waals surface area (Å²) in [4.78, 5) is 19.4. The van der Waals surface area contributed by atoms with Crippen LogP contribution in [0, 0.1) is 0 Å². The van der Waals surface area contributed by atoms with Crippen LogP contribution in [0.2, 0.25) is 0 Å². The Morgan fingerprint density at radius 1 is 1.22 bits per heavy atom. The Morgan fingerprint density at radius 2 is 1.93 bits per heavy atom. The molecule has 0 radical (unpaired) electrons. The van der Waals surface area contributed by atoms with E-state index in [1.54, 1.807) is 4.68 Å². The van der Waals surface area contributed by atoms with Gasteiger partial charge in [0.1, 0.15) is 5.69 Å². The number of nitrogens with one attached hydrogen (secondary N) is 1. The van der Waals surface area contributed by atoms with Gasteiger partial charge < -0.3 is 15.0 Å². The average Bonchev–Trinajstić information content (AvgIpc) is 2.99. The van der Waals surface area contributed by atoms with Crippen LogP contribution in [0.5, 0.6) is 0 Å². The van der Waals surface area contributed by atoms with E-state index in [0.29, 0.717) is 5.69 Å². The van der Waals surface area contributed by atoms with Crippen molar-refractivity contribution in [2.45, 2.75) is 51.4 Å². The van der Waals surface area contributed by atoms with E-state index in [0.717, 1.165) is 43.6 Å². The minimum Gasteiger partial charge on any atom is -0.371 e. The van der Waals surface area contributed by atoms with Crippen LogP contribution in [0.25, 0.3) is 0 Å². The van der Waals surface area contributed by atoms with Crippen LogP contribution >= 0.6 is 0 Å². The highest BCUT2D eigenvalue weighted by atomic mass is 16.5. The molecule has 0 unspecified atom stereocenters. The maximum atomic E-state index is 13.0. The quantitative estimate of drug-likeness (QED) is 0.898. The zero-order chi connectivity index (χ0) is 19.0. The summed E-state index contributed by atoms with van der Waals surface area (Å²) < 4.78 is 7.56. The number of aryl methyl sites for hydroxylation is 1. The number of amides is 1. The van der Waals surface area contributed by atoms with Crippen LogP contribution in [-0.4, -0.2) is 45.9 Å². The van der Waals surface area contributed by atoms with Crippen molar-refractivity contribution in [1.29, 1.82) is 0 Å². The second-order valence-electron chi connectivity index (χ2n) is 7.57. The summed E-state index contributed by atoms with van der Waals surface area (Å²) in [7, 11) is 1.84. The summed E-state index contributed by atoms with van der Waals surface area (Å²) in [5.41, 5.74) is 3.81. The predicted molar refractivity (Wildman–Crippen MR) is 103 cm³/mol. The van der Waals surface area contributed by atoms with Crippen molar-refractivity contribution in [2.24, 2.45) is 7.05 Å². The van der Waals surface area contributed by atoms with E-state index in [2.05, 4.69) is 20.3 Å². The number of ether oxygens (including phenoxy) is 1. The third kappa shape index (κ3) is 3.56. The highest BCUT2D eigenvalue weighted by Crippen LogP contribution is 2.31. The van der Waals surface area contributed by atoms with Crippen molar-refractivity contribution in [3.63, 3.8) is 0 Å². The molecule has 2 aromatic rings. The van der Waals surface area contributed by atoms with Crippen molar-refractivity contribution in [1.82, 2.24) is 20.1 Å². The molecule has 0 aromatic carbocycles. The van der Waals surface area contributed by atoms with Crippen LogP contribution in [0.15, 0.2) is 24.5 Å². The lowest BCUT2D eigenvalue weighted by molar-refractivity contribution is -0.00710. The number of anilines is 1. The van der Waals surface area contributed by atoms with Crippen molar-refractivity contribution < 1.29 is 9.53 Å². The van der Waals surface area contributed by atoms with E-state index in [9.17, 15) is 4.79 Å². The molecule has 2 atom stereocenters. The predicted octanol–water partition coefficient (Wildman–Crippen LogP) is 2.24. The molecule has 4 heterocycles. The third-order valence-electron chi connectivity index (χ3n) is 5.56. The van der Waals surface area contributed by atoms with Crippen LogP contribution < -0.4 is 10.2 Å². The van der Waals surface area contributed by atoms with Crippen LogP contribution in [0.3, 0.4) is 0 Å². The van der Waals surface area contributed by atoms with E-state index in [1.165, 1.54) is 5.69 Å². The van der Waals surface area contributed by atoms with E-state index in [1.807, 2.05) is 45.4 Å². The van der Waals surface area contributed by atoms with Gasteiger partial charge in [-0.05, 0) is 38.8 Å². The maximum Gasteiger partial charge on any atom is 0.270 e. The monoisotopic (exact) mass is 369 g/mol. The molecule has 0 spiro atoms. The van der Waals surface area contributed by atoms with Gasteiger partial charge in [-0.25, -0.2) is 0 Å². The highest BCUT2D eigenvalue weighted by Gasteiger charge is 2.32. The lowest BCUT2D eigenvalue weighted by atomic mass is 9.98. The first-order valence-corrected chi connectivity index (χ1v) is 9.70. The molecule has 7 nitrogen and oxygen atoms in total. The van der Waals surface area contributed by atoms with E-state index in [4.69, 9.17) is 4.74 Å². The van der Waals surface area contributed by atoms with E-state index < -0.39 is 0 Å². The van der Waals surface area contributed by atoms with Gasteiger partial charge in [0.25, 0.3) is 5.91 Å². The number of piperidine rings is 1. The first-order chi connectivity index (χ1) is 13.0. The molecular weight excluding hydrogens is 342 g/mol. The molecule has 7 heteroatoms. The molecule has 4 rings (SSSR count). The molecule has 1 N–H and O–H groups in total. The smallest absolute Gasteiger partial charge is 0.270 e. The number of carbonyl (C=O) groups is 1. The summed E-state index contributed by atoms with van der Waals surface area (Å²) in [6.45, 7) is 5.90. The Balaban J connectivity index is 1.42. The van der Waals surface area contributed by atoms with Crippen molar-refractivity contribution in [3.8, 4) is 0 Å². The molecule has 0 aliphatic carbocycles. The molecule has 144 valence electrons. The molecular formula is C20H27N5O2. The molecule has 1 fully saturated rings. The van der Waals surface area contributed by atoms with E-state index in [-0.39, 0.29) is 24.2 Å². The summed E-state index contributed by atoms with van der Waals surface area (Å²) in [6.07, 6.45) is 6.28. The Hall–Kier alpha value is -2.41. The van der Waals surface area contributed by atoms with Crippen LogP contribution in [-0.2, 0) is 18.2 Å². The van der Waals surface area contributed by atoms with Gasteiger partial charge in [0.15, 0.2) is 0 Å². The molecule has 1 amide bonds. The fourth-order valence-electron chi connectivity index (χ4n) is 4.24. The first kappa shape index (κ1) is 18.0. The minimum atomic E-state index is -0.0694. The largest absolute Gasteiger partial charge is 0.371 e. The lowest BCUT2D eigenvalue weighted by Crippen LogP contribution is -2.45. The van der Waals surface area contributed by atoms with Crippen molar-refractivity contribution >= 4 is 11.6 Å². The zero-order valence-corrected chi connectivity index (χ0v) is 16.2. The van der Waals surface area contributed by atoms with Gasteiger partial charge in [-0.1, -0.05) is 0 Å². The third-order valence-corrected chi connectivity index (χ3v) is 5.56. The zero-order valence-electron chi connectivity index (χ0n) is 16.2. The number of hydrogen-bond donors (Lipinski definition) is 1. The van der Waals surface area contributed by atoms with Gasteiger partial charge in [0, 0.05) is 56.2 Å². The molecule has 1 saturated heterocycles. The number of fused-ring (bicyclic) bond motifs is 1. The lowest BCUT2D eigenvalue weighted by Gasteiger charge is -2.34. The number of hydrogen-bond acceptors (Lipinski definition) is 5. The second kappa shape index (κ2) is 7.31. The van der Waals surface area contributed by atoms with Crippen LogP contribution in [0.1, 0.15) is 54.5 Å². The summed E-state index contributed by atoms with van der Waals surface area (Å²) in [5.74, 6) is -0.0186. The summed E-state index contributed by atoms with van der Waals surface area (Å²) >= 11 is 0. The number of carbonyl (C=O) groups excluding carboxylic acids is 1. The summed E-state index contributed by atoms with van der Waals surface area (Å²) in [6, 6.07) is 4.26. The fraction of sp³-hybridized carbons (Fsp3) is 0.550. The molecule has 2 aliphatic heterocycles. The maximum absolute atomic E-state index is 13.0. The van der Waals surface area contributed by atoms with Crippen LogP contribution in [0.4, 0.5) is 5.69 Å². The van der Waals surface area contributed by atoms with Gasteiger partial charge in [-0.2, -0.15) is 5.10 Å². The topological polar surface area (TPSA) is 72.3 Å². The second-order valence-corrected chi connectivity index (χ2v) is 7.57. The molecule has 0 bridgehead atoms. The van der Waals surface area contributed by atoms with Gasteiger partial charge in [-0.3, -0.25) is 14.5 Å². The van der Waals surface area contributed by atoms with Gasteiger partial charge in [0.2, 0.25) is 0 Å². The minimum absolute atomic E-state index is 0.0186. The number of pyridine rings is 1. The summed E-state index contributed by atoms with van der Waals surface area (Å²) in [5, 5.41) is 7.78. The molecule has 2 aliphatic rings. The van der Waals surface area contributed by atoms with Crippen molar-refractivity contribution in [2.75, 3.05) is 18.0 Å². The number of rotatable bonds is 3. The molecule has 27 heavy (non-hydrogen) atoms. The fourth-order valence-corrected chi connectivity index (χ4v) is 4.24. The Labute approximate surface area is 159 Å². The Kier molecular flexibility index (Phi) is 4.86. The SMILES string of the molecule is C[C@@H]1Cc2c(nn(C)c2C(=O)NC2CCN(c3ccncc3)CC2)[C@H](C)O1. The first-order valence-electron chi connectivity index (χ1n) is 9.70. The number of aromatic nitrogens is 3. The Morgan fingerprint density at radius 3 is 2.63 bits per heavy atom. The van der Waals surface area contributed by atoms with Crippen molar-refractivity contribution in [3.05, 3.63) is 41.5 Å². The Bertz CT molecular complexity index is 811. The van der Waals surface area contributed by atoms with Gasteiger partial charge >= 0.3 is 0 Å². The molecule has 0 saturated carbocycles. The van der Waals surface area contributed by atoms with E-state index >= 15 is 0 Å². The number of nitrogens with zero attached hydrogens (tertiary/aromatic N) is 4.